The maximum atomic E-state index is 13.0. The molecular formula is C18H26N2O6. The number of hydrogen-bond donors (Lipinski definition) is 1. The van der Waals surface area contributed by atoms with E-state index in [4.69, 9.17) is 14.2 Å². The van der Waals surface area contributed by atoms with E-state index in [1.54, 1.807) is 25.1 Å². The fraction of sp³-hybridized carbons (Fsp3) is 0.500. The maximum Gasteiger partial charge on any atom is 0.310 e. The van der Waals surface area contributed by atoms with Gasteiger partial charge in [-0.05, 0) is 12.1 Å². The van der Waals surface area contributed by atoms with Crippen molar-refractivity contribution < 1.29 is 28.6 Å². The highest BCUT2D eigenvalue weighted by Gasteiger charge is 2.23. The van der Waals surface area contributed by atoms with Gasteiger partial charge in [-0.1, -0.05) is 6.92 Å². The summed E-state index contributed by atoms with van der Waals surface area (Å²) in [5, 5.41) is 2.65. The van der Waals surface area contributed by atoms with Crippen LogP contribution in [0.3, 0.4) is 0 Å². The van der Waals surface area contributed by atoms with Gasteiger partial charge in [0.25, 0.3) is 5.91 Å². The second kappa shape index (κ2) is 10.3. The molecule has 1 rings (SSSR count). The van der Waals surface area contributed by atoms with Gasteiger partial charge in [0, 0.05) is 38.2 Å². The summed E-state index contributed by atoms with van der Waals surface area (Å²) in [6, 6.07) is 4.85. The number of rotatable bonds is 9. The number of esters is 1. The van der Waals surface area contributed by atoms with E-state index < -0.39 is 11.9 Å². The molecule has 0 aliphatic rings. The highest BCUT2D eigenvalue weighted by molar-refractivity contribution is 5.95. The average Bonchev–Trinajstić information content (AvgIpc) is 2.64. The van der Waals surface area contributed by atoms with E-state index in [0.717, 1.165) is 0 Å². The van der Waals surface area contributed by atoms with Crippen molar-refractivity contribution in [3.63, 3.8) is 0 Å². The molecule has 0 aliphatic carbocycles. The molecule has 1 unspecified atom stereocenters. The molecule has 2 amide bonds. The van der Waals surface area contributed by atoms with Crippen molar-refractivity contribution in [2.45, 2.75) is 13.8 Å². The molecule has 1 aromatic carbocycles. The van der Waals surface area contributed by atoms with E-state index in [1.807, 2.05) is 0 Å². The molecule has 144 valence electrons. The van der Waals surface area contributed by atoms with E-state index in [-0.39, 0.29) is 31.4 Å². The molecule has 1 N–H and O–H groups in total. The fourth-order valence-corrected chi connectivity index (χ4v) is 2.36. The van der Waals surface area contributed by atoms with Crippen molar-refractivity contribution in [1.29, 1.82) is 0 Å². The summed E-state index contributed by atoms with van der Waals surface area (Å²) < 4.78 is 15.1. The lowest BCUT2D eigenvalue weighted by Crippen LogP contribution is -2.41. The summed E-state index contributed by atoms with van der Waals surface area (Å²) in [5.41, 5.74) is 0.362. The third-order valence-electron chi connectivity index (χ3n) is 3.74. The predicted octanol–water partition coefficient (Wildman–Crippen LogP) is 1.09. The standard InChI is InChI=1S/C18H26N2O6/c1-12(18(23)26-5)11-20(7-6-19-13(2)21)17(22)14-8-15(24-3)10-16(9-14)25-4/h8-10,12H,6-7,11H2,1-5H3,(H,19,21). The van der Waals surface area contributed by atoms with Crippen LogP contribution in [0.5, 0.6) is 11.5 Å². The normalized spacial score (nSPS) is 11.3. The van der Waals surface area contributed by atoms with E-state index >= 15 is 0 Å². The van der Waals surface area contributed by atoms with Crippen LogP contribution in [-0.2, 0) is 14.3 Å². The Labute approximate surface area is 153 Å². The average molecular weight is 366 g/mol. The molecule has 26 heavy (non-hydrogen) atoms. The number of carbonyl (C=O) groups is 3. The summed E-state index contributed by atoms with van der Waals surface area (Å²) in [4.78, 5) is 37.3. The first kappa shape index (κ1) is 21.3. The Morgan fingerprint density at radius 2 is 1.65 bits per heavy atom. The molecule has 8 nitrogen and oxygen atoms in total. The van der Waals surface area contributed by atoms with Crippen LogP contribution in [0, 0.1) is 5.92 Å². The second-order valence-corrected chi connectivity index (χ2v) is 5.76. The lowest BCUT2D eigenvalue weighted by molar-refractivity contribution is -0.145. The minimum atomic E-state index is -0.506. The number of methoxy groups -OCH3 is 3. The molecule has 0 radical (unpaired) electrons. The van der Waals surface area contributed by atoms with Gasteiger partial charge in [0.15, 0.2) is 0 Å². The van der Waals surface area contributed by atoms with Crippen molar-refractivity contribution in [3.05, 3.63) is 23.8 Å². The van der Waals surface area contributed by atoms with Gasteiger partial charge in [0.1, 0.15) is 11.5 Å². The van der Waals surface area contributed by atoms with Gasteiger partial charge in [-0.25, -0.2) is 0 Å². The summed E-state index contributed by atoms with van der Waals surface area (Å²) >= 11 is 0. The van der Waals surface area contributed by atoms with Gasteiger partial charge in [-0.2, -0.15) is 0 Å². The van der Waals surface area contributed by atoms with Gasteiger partial charge in [-0.15, -0.1) is 0 Å². The van der Waals surface area contributed by atoms with E-state index in [2.05, 4.69) is 5.32 Å². The molecule has 0 saturated heterocycles. The number of amides is 2. The molecule has 0 aromatic heterocycles. The number of hydrogen-bond acceptors (Lipinski definition) is 6. The first-order valence-corrected chi connectivity index (χ1v) is 8.17. The first-order valence-electron chi connectivity index (χ1n) is 8.17. The summed E-state index contributed by atoms with van der Waals surface area (Å²) in [6.45, 7) is 3.76. The summed E-state index contributed by atoms with van der Waals surface area (Å²) in [5.74, 6) is -0.449. The Bertz CT molecular complexity index is 624. The van der Waals surface area contributed by atoms with Crippen molar-refractivity contribution in [1.82, 2.24) is 10.2 Å². The summed E-state index contributed by atoms with van der Waals surface area (Å²) in [6.07, 6.45) is 0. The number of benzene rings is 1. The van der Waals surface area contributed by atoms with E-state index in [0.29, 0.717) is 17.1 Å². The zero-order valence-corrected chi connectivity index (χ0v) is 15.8. The lowest BCUT2D eigenvalue weighted by Gasteiger charge is -2.25. The molecule has 0 aliphatic heterocycles. The maximum absolute atomic E-state index is 13.0. The minimum Gasteiger partial charge on any atom is -0.497 e. The SMILES string of the molecule is COC(=O)C(C)CN(CCNC(C)=O)C(=O)c1cc(OC)cc(OC)c1. The van der Waals surface area contributed by atoms with Gasteiger partial charge in [0.2, 0.25) is 5.91 Å². The van der Waals surface area contributed by atoms with Gasteiger partial charge in [-0.3, -0.25) is 14.4 Å². The third kappa shape index (κ3) is 6.27. The van der Waals surface area contributed by atoms with Crippen LogP contribution in [-0.4, -0.2) is 63.6 Å². The van der Waals surface area contributed by atoms with Crippen LogP contribution in [0.25, 0.3) is 0 Å². The zero-order chi connectivity index (χ0) is 19.7. The van der Waals surface area contributed by atoms with Crippen LogP contribution in [0.2, 0.25) is 0 Å². The van der Waals surface area contributed by atoms with Gasteiger partial charge >= 0.3 is 5.97 Å². The van der Waals surface area contributed by atoms with Crippen molar-refractivity contribution in [3.8, 4) is 11.5 Å². The molecular weight excluding hydrogens is 340 g/mol. The molecule has 0 saturated carbocycles. The van der Waals surface area contributed by atoms with Gasteiger partial charge in [0.05, 0.1) is 27.2 Å². The number of ether oxygens (including phenoxy) is 3. The Morgan fingerprint density at radius 3 is 2.12 bits per heavy atom. The smallest absolute Gasteiger partial charge is 0.310 e. The van der Waals surface area contributed by atoms with Gasteiger partial charge < -0.3 is 24.4 Å². The van der Waals surface area contributed by atoms with Crippen LogP contribution in [0.1, 0.15) is 24.2 Å². The first-order chi connectivity index (χ1) is 12.3. The lowest BCUT2D eigenvalue weighted by atomic mass is 10.1. The molecule has 0 bridgehead atoms. The van der Waals surface area contributed by atoms with Crippen LogP contribution in [0.15, 0.2) is 18.2 Å². The van der Waals surface area contributed by atoms with Crippen molar-refractivity contribution in [2.75, 3.05) is 41.0 Å². The number of nitrogens with one attached hydrogen (secondary N) is 1. The highest BCUT2D eigenvalue weighted by Crippen LogP contribution is 2.23. The van der Waals surface area contributed by atoms with E-state index in [1.165, 1.54) is 33.2 Å². The van der Waals surface area contributed by atoms with Crippen molar-refractivity contribution >= 4 is 17.8 Å². The molecule has 0 spiro atoms. The quantitative estimate of drug-likeness (QED) is 0.658. The fourth-order valence-electron chi connectivity index (χ4n) is 2.36. The van der Waals surface area contributed by atoms with Crippen LogP contribution < -0.4 is 14.8 Å². The largest absolute Gasteiger partial charge is 0.497 e. The molecule has 0 heterocycles. The molecule has 1 atom stereocenters. The second-order valence-electron chi connectivity index (χ2n) is 5.76. The minimum absolute atomic E-state index is 0.157. The Hall–Kier alpha value is -2.77. The Kier molecular flexibility index (Phi) is 8.41. The topological polar surface area (TPSA) is 94.2 Å². The molecule has 8 heteroatoms. The predicted molar refractivity (Wildman–Crippen MR) is 95.3 cm³/mol. The highest BCUT2D eigenvalue weighted by atomic mass is 16.5. The third-order valence-corrected chi connectivity index (χ3v) is 3.74. The zero-order valence-electron chi connectivity index (χ0n) is 15.8. The van der Waals surface area contributed by atoms with Crippen LogP contribution in [0.4, 0.5) is 0 Å². The number of nitrogens with zero attached hydrogens (tertiary/aromatic N) is 1. The number of carbonyl (C=O) groups excluding carboxylic acids is 3. The molecule has 0 fully saturated rings. The van der Waals surface area contributed by atoms with E-state index in [9.17, 15) is 14.4 Å². The monoisotopic (exact) mass is 366 g/mol. The van der Waals surface area contributed by atoms with Crippen LogP contribution >= 0.6 is 0 Å². The Morgan fingerprint density at radius 1 is 1.08 bits per heavy atom. The summed E-state index contributed by atoms with van der Waals surface area (Å²) in [7, 11) is 4.29. The van der Waals surface area contributed by atoms with Crippen molar-refractivity contribution in [2.24, 2.45) is 5.92 Å². The molecule has 1 aromatic rings. The Balaban J connectivity index is 3.04.